The van der Waals surface area contributed by atoms with E-state index in [4.69, 9.17) is 29.9 Å². The molecule has 2 aromatic heterocycles. The van der Waals surface area contributed by atoms with Crippen LogP contribution >= 0.6 is 11.6 Å². The maximum absolute atomic E-state index is 12.3. The average Bonchev–Trinajstić information content (AvgIpc) is 2.61. The highest BCUT2D eigenvalue weighted by Gasteiger charge is 2.22. The zero-order valence-corrected chi connectivity index (χ0v) is 15.2. The van der Waals surface area contributed by atoms with Crippen molar-refractivity contribution in [1.29, 1.82) is 5.26 Å². The van der Waals surface area contributed by atoms with Crippen LogP contribution in [0.3, 0.4) is 0 Å². The summed E-state index contributed by atoms with van der Waals surface area (Å²) in [6, 6.07) is 4.75. The molecule has 0 fully saturated rings. The van der Waals surface area contributed by atoms with Gasteiger partial charge in [-0.2, -0.15) is 5.26 Å². The molecule has 2 rings (SSSR count). The molecular formula is C16H14BClN6O4. The van der Waals surface area contributed by atoms with Crippen LogP contribution in [0.15, 0.2) is 30.7 Å². The van der Waals surface area contributed by atoms with E-state index < -0.39 is 11.7 Å². The van der Waals surface area contributed by atoms with E-state index in [2.05, 4.69) is 15.3 Å². The van der Waals surface area contributed by atoms with Crippen LogP contribution < -0.4 is 21.1 Å². The van der Waals surface area contributed by atoms with Gasteiger partial charge in [0.1, 0.15) is 16.9 Å². The predicted molar refractivity (Wildman–Crippen MR) is 101 cm³/mol. The summed E-state index contributed by atoms with van der Waals surface area (Å²) in [6.45, 7) is 0. The minimum atomic E-state index is -2.93. The fourth-order valence-corrected chi connectivity index (χ4v) is 2.37. The van der Waals surface area contributed by atoms with Gasteiger partial charge < -0.3 is 31.3 Å². The summed E-state index contributed by atoms with van der Waals surface area (Å²) in [7, 11) is 6.34. The zero-order valence-electron chi connectivity index (χ0n) is 14.5. The minimum Gasteiger partial charge on any atom is -0.492 e. The van der Waals surface area contributed by atoms with Crippen molar-refractivity contribution in [1.82, 2.24) is 15.3 Å². The Morgan fingerprint density at radius 3 is 2.75 bits per heavy atom. The number of pyridine rings is 2. The number of nitrogens with two attached hydrogens (primary N) is 1. The number of carbonyl (C=O) groups excluding carboxylic acids is 1. The number of methoxy groups -OCH3 is 1. The lowest BCUT2D eigenvalue weighted by Crippen LogP contribution is -2.48. The Labute approximate surface area is 166 Å². The van der Waals surface area contributed by atoms with Gasteiger partial charge in [-0.15, -0.1) is 0 Å². The molecule has 0 saturated carbocycles. The molecule has 0 aliphatic carbocycles. The fraction of sp³-hybridized carbons (Fsp3) is 0.125. The second-order valence-corrected chi connectivity index (χ2v) is 5.68. The van der Waals surface area contributed by atoms with E-state index in [9.17, 15) is 20.3 Å². The smallest absolute Gasteiger partial charge is 0.258 e. The van der Waals surface area contributed by atoms with Crippen LogP contribution in [0.4, 0.5) is 11.4 Å². The molecule has 2 heterocycles. The van der Waals surface area contributed by atoms with Crippen molar-refractivity contribution < 1.29 is 19.7 Å². The van der Waals surface area contributed by atoms with Crippen LogP contribution in [0.1, 0.15) is 16.1 Å². The van der Waals surface area contributed by atoms with Gasteiger partial charge in [-0.25, -0.2) is 4.98 Å². The Kier molecular flexibility index (Phi) is 6.43. The van der Waals surface area contributed by atoms with Crippen LogP contribution in [-0.2, 0) is 0 Å². The summed E-state index contributed by atoms with van der Waals surface area (Å²) in [6.07, 6.45) is 3.59. The number of ether oxygens (including phenoxy) is 1. The number of aromatic nitrogens is 2. The van der Waals surface area contributed by atoms with Crippen LogP contribution in [0.5, 0.6) is 5.75 Å². The van der Waals surface area contributed by atoms with Crippen molar-refractivity contribution in [3.05, 3.63) is 47.1 Å². The molecule has 0 bridgehead atoms. The molecule has 2 radical (unpaired) electrons. The van der Waals surface area contributed by atoms with Crippen molar-refractivity contribution in [3.63, 3.8) is 0 Å². The molecule has 142 valence electrons. The quantitative estimate of drug-likeness (QED) is 0.197. The number of anilines is 2. The number of halogens is 1. The van der Waals surface area contributed by atoms with Gasteiger partial charge >= 0.3 is 0 Å². The van der Waals surface area contributed by atoms with Gasteiger partial charge in [-0.05, 0) is 12.1 Å². The number of amides is 1. The number of nitriles is 1. The van der Waals surface area contributed by atoms with Crippen molar-refractivity contribution in [2.45, 2.75) is 5.81 Å². The van der Waals surface area contributed by atoms with Gasteiger partial charge in [0.05, 0.1) is 29.6 Å². The molecule has 1 amide bonds. The first kappa shape index (κ1) is 21.0. The van der Waals surface area contributed by atoms with Crippen molar-refractivity contribution in [2.75, 3.05) is 12.4 Å². The Hall–Kier alpha value is -3.33. The Balaban J connectivity index is 2.52. The number of nitrogens with one attached hydrogen (secondary N) is 2. The van der Waals surface area contributed by atoms with E-state index in [-0.39, 0.29) is 33.4 Å². The highest BCUT2D eigenvalue weighted by atomic mass is 35.5. The first-order chi connectivity index (χ1) is 13.2. The number of hydrogen-bond donors (Lipinski definition) is 5. The number of allylic oxidation sites excluding steroid dienone is 1. The molecule has 0 spiro atoms. The highest BCUT2D eigenvalue weighted by molar-refractivity contribution is 6.29. The van der Waals surface area contributed by atoms with Crippen LogP contribution in [0, 0.1) is 11.3 Å². The molecular weight excluding hydrogens is 386 g/mol. The fourth-order valence-electron chi connectivity index (χ4n) is 2.21. The minimum absolute atomic E-state index is 0.0545. The largest absolute Gasteiger partial charge is 0.492 e. The summed E-state index contributed by atoms with van der Waals surface area (Å²) in [5.41, 5.74) is 6.06. The third kappa shape index (κ3) is 4.89. The van der Waals surface area contributed by atoms with Crippen molar-refractivity contribution in [3.8, 4) is 11.8 Å². The van der Waals surface area contributed by atoms with Crippen molar-refractivity contribution in [2.24, 2.45) is 5.73 Å². The predicted octanol–water partition coefficient (Wildman–Crippen LogP) is 0.200. The normalized spacial score (nSPS) is 11.5. The average molecular weight is 401 g/mol. The maximum Gasteiger partial charge on any atom is 0.258 e. The molecule has 10 nitrogen and oxygen atoms in total. The van der Waals surface area contributed by atoms with E-state index in [1.807, 2.05) is 6.07 Å². The molecule has 0 aromatic carbocycles. The van der Waals surface area contributed by atoms with Gasteiger partial charge in [-0.3, -0.25) is 9.78 Å². The molecule has 0 atom stereocenters. The van der Waals surface area contributed by atoms with Crippen LogP contribution in [0.25, 0.3) is 5.57 Å². The number of nitrogens with zero attached hydrogens (tertiary/aromatic N) is 3. The zero-order chi connectivity index (χ0) is 20.9. The summed E-state index contributed by atoms with van der Waals surface area (Å²) >= 11 is 5.90. The molecule has 12 heteroatoms. The van der Waals surface area contributed by atoms with Gasteiger partial charge in [0.2, 0.25) is 0 Å². The standard InChI is InChI=1S/C16H14BClN6O4/c1-28-14-10(2-3-21-13(14)8(5-19)6-20)23-11-4-12(18)22-7-9(11)15(25)24-16(17,26)27/h2-5,7,26-27H,19H2,1H3,(H,24,25)(H,21,22,23). The summed E-state index contributed by atoms with van der Waals surface area (Å²) in [5.74, 6) is -3.69. The van der Waals surface area contributed by atoms with Gasteiger partial charge in [0.15, 0.2) is 19.4 Å². The first-order valence-electron chi connectivity index (χ1n) is 7.54. The lowest BCUT2D eigenvalue weighted by atomic mass is 10.0. The molecule has 0 aliphatic heterocycles. The van der Waals surface area contributed by atoms with Crippen LogP contribution in [0.2, 0.25) is 5.15 Å². The lowest BCUT2D eigenvalue weighted by Gasteiger charge is -2.20. The summed E-state index contributed by atoms with van der Waals surface area (Å²) in [4.78, 5) is 20.1. The first-order valence-corrected chi connectivity index (χ1v) is 7.92. The number of rotatable bonds is 6. The van der Waals surface area contributed by atoms with Gasteiger partial charge in [0, 0.05) is 18.6 Å². The lowest BCUT2D eigenvalue weighted by molar-refractivity contribution is -0.102. The van der Waals surface area contributed by atoms with E-state index in [1.165, 1.54) is 25.4 Å². The second kappa shape index (κ2) is 8.58. The van der Waals surface area contributed by atoms with Crippen LogP contribution in [-0.4, -0.2) is 46.9 Å². The summed E-state index contributed by atoms with van der Waals surface area (Å²) < 4.78 is 5.32. The monoisotopic (exact) mass is 400 g/mol. The van der Waals surface area contributed by atoms with E-state index in [0.717, 1.165) is 12.4 Å². The molecule has 0 unspecified atom stereocenters. The number of aliphatic hydroxyl groups is 2. The van der Waals surface area contributed by atoms with E-state index in [1.54, 1.807) is 5.32 Å². The Morgan fingerprint density at radius 2 is 2.18 bits per heavy atom. The van der Waals surface area contributed by atoms with E-state index >= 15 is 0 Å². The Bertz CT molecular complexity index is 971. The number of carbonyl (C=O) groups is 1. The highest BCUT2D eigenvalue weighted by Crippen LogP contribution is 2.34. The maximum atomic E-state index is 12.3. The summed E-state index contributed by atoms with van der Waals surface area (Å²) in [5, 5.41) is 32.3. The SMILES string of the molecule is [B]C(O)(O)NC(=O)c1cnc(Cl)cc1Nc1ccnc(C(C#N)=CN)c1OC. The third-order valence-electron chi connectivity index (χ3n) is 3.33. The van der Waals surface area contributed by atoms with Gasteiger partial charge in [0.25, 0.3) is 5.91 Å². The number of hydrogen-bond acceptors (Lipinski definition) is 9. The van der Waals surface area contributed by atoms with E-state index in [0.29, 0.717) is 5.69 Å². The van der Waals surface area contributed by atoms with Gasteiger partial charge in [-0.1, -0.05) is 11.6 Å². The Morgan fingerprint density at radius 1 is 1.46 bits per heavy atom. The second-order valence-electron chi connectivity index (χ2n) is 5.29. The molecule has 0 saturated heterocycles. The third-order valence-corrected chi connectivity index (χ3v) is 3.54. The molecule has 28 heavy (non-hydrogen) atoms. The molecule has 2 aromatic rings. The topological polar surface area (TPSA) is 166 Å². The molecule has 0 aliphatic rings. The van der Waals surface area contributed by atoms with Crippen molar-refractivity contribution >= 4 is 42.3 Å². The molecule has 6 N–H and O–H groups in total.